The predicted molar refractivity (Wildman–Crippen MR) is 120 cm³/mol. The Bertz CT molecular complexity index is 973. The minimum absolute atomic E-state index is 0.00955. The second kappa shape index (κ2) is 12.1. The lowest BCUT2D eigenvalue weighted by atomic mass is 10.0. The summed E-state index contributed by atoms with van der Waals surface area (Å²) < 4.78 is 19.9. The number of carboxylic acid groups (broad SMARTS) is 1. The lowest BCUT2D eigenvalue weighted by Gasteiger charge is -2.20. The smallest absolute Gasteiger partial charge is 0.407 e. The maximum absolute atomic E-state index is 13.2. The summed E-state index contributed by atoms with van der Waals surface area (Å²) in [5.41, 5.74) is 0.546. The van der Waals surface area contributed by atoms with Crippen LogP contribution in [0, 0.1) is 5.82 Å². The van der Waals surface area contributed by atoms with Crippen molar-refractivity contribution in [3.63, 3.8) is 0 Å². The Balaban J connectivity index is 1.82. The summed E-state index contributed by atoms with van der Waals surface area (Å²) >= 11 is 0. The SMILES string of the molecule is CN(CC(=O)N[C@H](CC(=O)O)c1ccc(F)cc1)Cc1cn(CCNC(=O)OC(C)(C)C)nn1. The average molecular weight is 479 g/mol. The molecule has 0 saturated carbocycles. The first-order chi connectivity index (χ1) is 15.9. The van der Waals surface area contributed by atoms with Gasteiger partial charge in [0, 0.05) is 19.3 Å². The van der Waals surface area contributed by atoms with Crippen LogP contribution < -0.4 is 10.6 Å². The van der Waals surface area contributed by atoms with E-state index in [4.69, 9.17) is 9.84 Å². The third kappa shape index (κ3) is 9.94. The number of likely N-dealkylation sites (N-methyl/N-ethyl adjacent to an activating group) is 1. The Labute approximate surface area is 197 Å². The van der Waals surface area contributed by atoms with Gasteiger partial charge in [-0.05, 0) is 45.5 Å². The molecule has 1 heterocycles. The van der Waals surface area contributed by atoms with Crippen molar-refractivity contribution in [2.24, 2.45) is 0 Å². The summed E-state index contributed by atoms with van der Waals surface area (Å²) in [6.45, 7) is 6.36. The summed E-state index contributed by atoms with van der Waals surface area (Å²) in [6, 6.07) is 4.55. The molecule has 34 heavy (non-hydrogen) atoms. The topological polar surface area (TPSA) is 139 Å². The van der Waals surface area contributed by atoms with E-state index in [-0.39, 0.29) is 18.9 Å². The van der Waals surface area contributed by atoms with Crippen molar-refractivity contribution in [3.8, 4) is 0 Å². The number of carboxylic acids is 1. The van der Waals surface area contributed by atoms with Crippen LogP contribution in [0.25, 0.3) is 0 Å². The van der Waals surface area contributed by atoms with Crippen LogP contribution in [0.3, 0.4) is 0 Å². The monoisotopic (exact) mass is 478 g/mol. The number of nitrogens with one attached hydrogen (secondary N) is 2. The lowest BCUT2D eigenvalue weighted by Crippen LogP contribution is -2.37. The lowest BCUT2D eigenvalue weighted by molar-refractivity contribution is -0.137. The zero-order chi connectivity index (χ0) is 25.3. The first-order valence-corrected chi connectivity index (χ1v) is 10.7. The molecule has 0 fully saturated rings. The maximum Gasteiger partial charge on any atom is 0.407 e. The minimum Gasteiger partial charge on any atom is -0.481 e. The van der Waals surface area contributed by atoms with E-state index in [0.717, 1.165) is 0 Å². The summed E-state index contributed by atoms with van der Waals surface area (Å²) in [5, 5.41) is 22.5. The molecule has 0 bridgehead atoms. The van der Waals surface area contributed by atoms with Crippen molar-refractivity contribution >= 4 is 18.0 Å². The van der Waals surface area contributed by atoms with E-state index < -0.39 is 29.5 Å². The molecule has 3 N–H and O–H groups in total. The Kier molecular flexibility index (Phi) is 9.48. The van der Waals surface area contributed by atoms with Crippen LogP contribution in [0.4, 0.5) is 9.18 Å². The summed E-state index contributed by atoms with van der Waals surface area (Å²) in [7, 11) is 1.72. The molecule has 0 unspecified atom stereocenters. The Morgan fingerprint density at radius 1 is 1.24 bits per heavy atom. The highest BCUT2D eigenvalue weighted by Gasteiger charge is 2.20. The van der Waals surface area contributed by atoms with E-state index in [1.165, 1.54) is 24.3 Å². The second-order valence-corrected chi connectivity index (χ2v) is 8.84. The molecule has 186 valence electrons. The van der Waals surface area contributed by atoms with E-state index in [2.05, 4.69) is 20.9 Å². The molecule has 0 aliphatic rings. The van der Waals surface area contributed by atoms with Crippen molar-refractivity contribution in [1.29, 1.82) is 0 Å². The minimum atomic E-state index is -1.08. The molecule has 11 nitrogen and oxygen atoms in total. The van der Waals surface area contributed by atoms with Gasteiger partial charge >= 0.3 is 12.1 Å². The Morgan fingerprint density at radius 3 is 2.53 bits per heavy atom. The highest BCUT2D eigenvalue weighted by atomic mass is 19.1. The van der Waals surface area contributed by atoms with Crippen molar-refractivity contribution in [3.05, 3.63) is 47.5 Å². The van der Waals surface area contributed by atoms with Gasteiger partial charge in [-0.3, -0.25) is 19.2 Å². The number of benzene rings is 1. The quantitative estimate of drug-likeness (QED) is 0.444. The van der Waals surface area contributed by atoms with Crippen LogP contribution in [0.15, 0.2) is 30.5 Å². The highest BCUT2D eigenvalue weighted by Crippen LogP contribution is 2.17. The number of carbonyl (C=O) groups is 3. The van der Waals surface area contributed by atoms with Gasteiger partial charge in [0.15, 0.2) is 0 Å². The van der Waals surface area contributed by atoms with E-state index in [1.807, 2.05) is 0 Å². The number of carbonyl (C=O) groups excluding carboxylic acids is 2. The summed E-state index contributed by atoms with van der Waals surface area (Å²) in [6.07, 6.45) is 0.865. The van der Waals surface area contributed by atoms with Crippen molar-refractivity contribution in [1.82, 2.24) is 30.5 Å². The number of hydrogen-bond acceptors (Lipinski definition) is 7. The average Bonchev–Trinajstić information content (AvgIpc) is 3.13. The van der Waals surface area contributed by atoms with E-state index in [0.29, 0.717) is 30.9 Å². The number of amides is 2. The number of nitrogens with zero attached hydrogens (tertiary/aromatic N) is 4. The van der Waals surface area contributed by atoms with Gasteiger partial charge < -0.3 is 20.5 Å². The van der Waals surface area contributed by atoms with Gasteiger partial charge in [0.25, 0.3) is 0 Å². The number of aromatic nitrogens is 3. The molecule has 12 heteroatoms. The fraction of sp³-hybridized carbons (Fsp3) is 0.500. The molecular weight excluding hydrogens is 447 g/mol. The van der Waals surface area contributed by atoms with Crippen LogP contribution in [0.5, 0.6) is 0 Å². The van der Waals surface area contributed by atoms with Crippen LogP contribution in [0.1, 0.15) is 44.5 Å². The van der Waals surface area contributed by atoms with Crippen molar-refractivity contribution < 1.29 is 28.6 Å². The molecule has 2 aromatic rings. The number of hydrogen-bond donors (Lipinski definition) is 3. The number of halogens is 1. The third-order valence-corrected chi connectivity index (χ3v) is 4.43. The zero-order valence-electron chi connectivity index (χ0n) is 19.7. The van der Waals surface area contributed by atoms with Gasteiger partial charge in [-0.1, -0.05) is 17.3 Å². The van der Waals surface area contributed by atoms with Crippen LogP contribution >= 0.6 is 0 Å². The van der Waals surface area contributed by atoms with Crippen LogP contribution in [-0.2, 0) is 27.4 Å². The van der Waals surface area contributed by atoms with Gasteiger partial charge in [-0.25, -0.2) is 9.18 Å². The number of ether oxygens (including phenoxy) is 1. The number of alkyl carbamates (subject to hydrolysis) is 1. The normalized spacial score (nSPS) is 12.3. The van der Waals surface area contributed by atoms with Crippen LogP contribution in [0.2, 0.25) is 0 Å². The Morgan fingerprint density at radius 2 is 1.91 bits per heavy atom. The molecular formula is C22H31FN6O5. The van der Waals surface area contributed by atoms with Gasteiger partial charge in [0.1, 0.15) is 11.4 Å². The van der Waals surface area contributed by atoms with E-state index >= 15 is 0 Å². The van der Waals surface area contributed by atoms with Gasteiger partial charge in [-0.2, -0.15) is 0 Å². The van der Waals surface area contributed by atoms with Gasteiger partial charge in [-0.15, -0.1) is 5.10 Å². The van der Waals surface area contributed by atoms with Gasteiger partial charge in [0.2, 0.25) is 5.91 Å². The van der Waals surface area contributed by atoms with Crippen molar-refractivity contribution in [2.45, 2.75) is 51.9 Å². The summed E-state index contributed by atoms with van der Waals surface area (Å²) in [5.74, 6) is -1.91. The molecule has 0 aliphatic heterocycles. The number of aliphatic carboxylic acids is 1. The van der Waals surface area contributed by atoms with E-state index in [1.54, 1.807) is 43.6 Å². The molecule has 1 aromatic heterocycles. The fourth-order valence-electron chi connectivity index (χ4n) is 3.05. The molecule has 2 amide bonds. The van der Waals surface area contributed by atoms with Crippen LogP contribution in [-0.4, -0.2) is 68.7 Å². The standard InChI is InChI=1S/C22H31FN6O5/c1-22(2,3)34-21(33)24-9-10-29-13-17(26-27-29)12-28(4)14-19(30)25-18(11-20(31)32)15-5-7-16(23)8-6-15/h5-8,13,18H,9-12,14H2,1-4H3,(H,24,33)(H,25,30)(H,31,32)/t18-/m1/s1. The predicted octanol–water partition coefficient (Wildman–Crippen LogP) is 1.71. The maximum atomic E-state index is 13.2. The molecule has 0 spiro atoms. The third-order valence-electron chi connectivity index (χ3n) is 4.43. The molecule has 2 rings (SSSR count). The second-order valence-electron chi connectivity index (χ2n) is 8.84. The first-order valence-electron chi connectivity index (χ1n) is 10.7. The van der Waals surface area contributed by atoms with E-state index in [9.17, 15) is 18.8 Å². The largest absolute Gasteiger partial charge is 0.481 e. The highest BCUT2D eigenvalue weighted by molar-refractivity contribution is 5.79. The molecule has 1 atom stereocenters. The summed E-state index contributed by atoms with van der Waals surface area (Å²) in [4.78, 5) is 37.0. The molecule has 1 aromatic carbocycles. The molecule has 0 saturated heterocycles. The number of rotatable bonds is 11. The van der Waals surface area contributed by atoms with Gasteiger partial charge in [0.05, 0.1) is 31.2 Å². The molecule has 0 radical (unpaired) electrons. The zero-order valence-corrected chi connectivity index (χ0v) is 19.7. The molecule has 0 aliphatic carbocycles. The van der Waals surface area contributed by atoms with Crippen molar-refractivity contribution in [2.75, 3.05) is 20.1 Å². The first kappa shape index (κ1) is 26.7. The Hall–Kier alpha value is -3.54. The fourth-order valence-corrected chi connectivity index (χ4v) is 3.05.